The lowest BCUT2D eigenvalue weighted by Gasteiger charge is -2.04. The molecule has 0 radical (unpaired) electrons. The van der Waals surface area contributed by atoms with E-state index in [9.17, 15) is 4.79 Å². The standard InChI is InChI=1S/C15H14O2.C6H11N3/c1-11-6-8-12(9-7-11)13-4-3-5-14(10-13)15(16)17-2;1-4(2)6-7-5(3)8-9-6/h3-10H,1-2H3;4H,1-3H3,(H,7,8,9). The minimum absolute atomic E-state index is 0.307. The second-order valence-electron chi connectivity index (χ2n) is 6.37. The molecule has 136 valence electrons. The molecule has 0 saturated carbocycles. The number of esters is 1. The van der Waals surface area contributed by atoms with Crippen LogP contribution >= 0.6 is 0 Å². The summed E-state index contributed by atoms with van der Waals surface area (Å²) in [5.41, 5.74) is 3.91. The van der Waals surface area contributed by atoms with Gasteiger partial charge in [0.25, 0.3) is 0 Å². The van der Waals surface area contributed by atoms with Gasteiger partial charge in [0.1, 0.15) is 5.82 Å². The molecular formula is C21H25N3O2. The highest BCUT2D eigenvalue weighted by molar-refractivity contribution is 5.90. The Kier molecular flexibility index (Phi) is 6.67. The van der Waals surface area contributed by atoms with Crippen LogP contribution in [-0.4, -0.2) is 28.3 Å². The second-order valence-corrected chi connectivity index (χ2v) is 6.37. The van der Waals surface area contributed by atoms with Crippen LogP contribution in [0, 0.1) is 13.8 Å². The van der Waals surface area contributed by atoms with Crippen molar-refractivity contribution in [2.75, 3.05) is 7.11 Å². The van der Waals surface area contributed by atoms with Crippen molar-refractivity contribution in [3.05, 3.63) is 71.3 Å². The fourth-order valence-corrected chi connectivity index (χ4v) is 2.31. The van der Waals surface area contributed by atoms with Crippen LogP contribution in [0.3, 0.4) is 0 Å². The van der Waals surface area contributed by atoms with Crippen LogP contribution in [0.1, 0.15) is 47.3 Å². The van der Waals surface area contributed by atoms with Crippen molar-refractivity contribution in [2.24, 2.45) is 0 Å². The second kappa shape index (κ2) is 8.94. The quantitative estimate of drug-likeness (QED) is 0.695. The zero-order valence-electron chi connectivity index (χ0n) is 15.9. The Balaban J connectivity index is 0.000000228. The van der Waals surface area contributed by atoms with E-state index >= 15 is 0 Å². The number of nitrogens with zero attached hydrogens (tertiary/aromatic N) is 2. The Morgan fingerprint density at radius 1 is 1.04 bits per heavy atom. The smallest absolute Gasteiger partial charge is 0.337 e. The Morgan fingerprint density at radius 2 is 1.73 bits per heavy atom. The van der Waals surface area contributed by atoms with E-state index in [1.54, 1.807) is 6.07 Å². The number of H-pyrrole nitrogens is 1. The lowest BCUT2D eigenvalue weighted by atomic mass is 10.0. The number of hydrogen-bond acceptors (Lipinski definition) is 4. The molecule has 0 bridgehead atoms. The number of ether oxygens (including phenoxy) is 1. The summed E-state index contributed by atoms with van der Waals surface area (Å²) in [6.45, 7) is 8.10. The molecule has 3 aromatic rings. The van der Waals surface area contributed by atoms with Gasteiger partial charge < -0.3 is 4.74 Å². The molecule has 0 saturated heterocycles. The minimum atomic E-state index is -0.307. The van der Waals surface area contributed by atoms with Crippen LogP contribution in [0.15, 0.2) is 48.5 Å². The Labute approximate surface area is 154 Å². The normalized spacial score (nSPS) is 10.2. The number of methoxy groups -OCH3 is 1. The van der Waals surface area contributed by atoms with Crippen molar-refractivity contribution < 1.29 is 9.53 Å². The summed E-state index contributed by atoms with van der Waals surface area (Å²) in [7, 11) is 1.39. The highest BCUT2D eigenvalue weighted by atomic mass is 16.5. The van der Waals surface area contributed by atoms with E-state index < -0.39 is 0 Å². The summed E-state index contributed by atoms with van der Waals surface area (Å²) in [6.07, 6.45) is 0. The van der Waals surface area contributed by atoms with Gasteiger partial charge in [0.15, 0.2) is 5.82 Å². The predicted molar refractivity (Wildman–Crippen MR) is 103 cm³/mol. The first kappa shape index (κ1) is 19.4. The maximum absolute atomic E-state index is 11.4. The van der Waals surface area contributed by atoms with Crippen molar-refractivity contribution in [1.82, 2.24) is 15.2 Å². The van der Waals surface area contributed by atoms with Crippen LogP contribution < -0.4 is 0 Å². The maximum Gasteiger partial charge on any atom is 0.337 e. The average molecular weight is 351 g/mol. The summed E-state index contributed by atoms with van der Waals surface area (Å²) in [5.74, 6) is 1.90. The van der Waals surface area contributed by atoms with E-state index in [-0.39, 0.29) is 5.97 Å². The number of aromatic amines is 1. The molecule has 0 atom stereocenters. The van der Waals surface area contributed by atoms with Crippen LogP contribution in [0.2, 0.25) is 0 Å². The number of nitrogens with one attached hydrogen (secondary N) is 1. The lowest BCUT2D eigenvalue weighted by Crippen LogP contribution is -2.00. The largest absolute Gasteiger partial charge is 0.465 e. The van der Waals surface area contributed by atoms with Crippen molar-refractivity contribution in [2.45, 2.75) is 33.6 Å². The lowest BCUT2D eigenvalue weighted by molar-refractivity contribution is 0.0601. The van der Waals surface area contributed by atoms with Gasteiger partial charge in [-0.3, -0.25) is 5.10 Å². The highest BCUT2D eigenvalue weighted by Gasteiger charge is 2.06. The van der Waals surface area contributed by atoms with Crippen molar-refractivity contribution in [3.8, 4) is 11.1 Å². The third-order valence-corrected chi connectivity index (χ3v) is 3.80. The van der Waals surface area contributed by atoms with Crippen LogP contribution in [0.5, 0.6) is 0 Å². The minimum Gasteiger partial charge on any atom is -0.465 e. The molecule has 3 rings (SSSR count). The molecule has 0 aliphatic heterocycles. The number of carbonyl (C=O) groups excluding carboxylic acids is 1. The Morgan fingerprint density at radius 3 is 2.23 bits per heavy atom. The summed E-state index contributed by atoms with van der Waals surface area (Å²) in [6, 6.07) is 15.6. The third kappa shape index (κ3) is 5.28. The molecule has 0 aliphatic rings. The van der Waals surface area contributed by atoms with Gasteiger partial charge in [0, 0.05) is 5.92 Å². The summed E-state index contributed by atoms with van der Waals surface area (Å²) in [5, 5.41) is 6.77. The number of benzene rings is 2. The Bertz CT molecular complexity index is 852. The topological polar surface area (TPSA) is 67.9 Å². The third-order valence-electron chi connectivity index (χ3n) is 3.80. The number of carbonyl (C=O) groups is 1. The zero-order valence-corrected chi connectivity index (χ0v) is 15.9. The van der Waals surface area contributed by atoms with E-state index in [0.717, 1.165) is 22.8 Å². The molecule has 0 aliphatic carbocycles. The number of rotatable bonds is 3. The molecule has 1 heterocycles. The first-order valence-corrected chi connectivity index (χ1v) is 8.55. The van der Waals surface area contributed by atoms with Gasteiger partial charge in [-0.05, 0) is 37.1 Å². The van der Waals surface area contributed by atoms with Crippen LogP contribution in [0.4, 0.5) is 0 Å². The molecule has 0 fully saturated rings. The summed E-state index contributed by atoms with van der Waals surface area (Å²) in [4.78, 5) is 15.6. The van der Waals surface area contributed by atoms with Crippen LogP contribution in [0.25, 0.3) is 11.1 Å². The van der Waals surface area contributed by atoms with Crippen molar-refractivity contribution >= 4 is 5.97 Å². The van der Waals surface area contributed by atoms with E-state index in [4.69, 9.17) is 4.74 Å². The van der Waals surface area contributed by atoms with Crippen molar-refractivity contribution in [3.63, 3.8) is 0 Å². The number of hydrogen-bond donors (Lipinski definition) is 1. The molecule has 2 aromatic carbocycles. The molecule has 1 aromatic heterocycles. The highest BCUT2D eigenvalue weighted by Crippen LogP contribution is 2.21. The number of aryl methyl sites for hydroxylation is 2. The fourth-order valence-electron chi connectivity index (χ4n) is 2.31. The molecule has 0 spiro atoms. The van der Waals surface area contributed by atoms with Gasteiger partial charge in [0.2, 0.25) is 0 Å². The first-order valence-electron chi connectivity index (χ1n) is 8.55. The zero-order chi connectivity index (χ0) is 19.1. The molecule has 5 heteroatoms. The summed E-state index contributed by atoms with van der Waals surface area (Å²) >= 11 is 0. The van der Waals surface area contributed by atoms with E-state index in [2.05, 4.69) is 48.1 Å². The first-order chi connectivity index (χ1) is 12.4. The van der Waals surface area contributed by atoms with Gasteiger partial charge in [-0.1, -0.05) is 55.8 Å². The predicted octanol–water partition coefficient (Wildman–Crippen LogP) is 4.69. The average Bonchev–Trinajstić information content (AvgIpc) is 3.09. The van der Waals surface area contributed by atoms with Gasteiger partial charge in [-0.2, -0.15) is 5.10 Å². The molecule has 26 heavy (non-hydrogen) atoms. The molecule has 0 amide bonds. The molecular weight excluding hydrogens is 326 g/mol. The van der Waals surface area contributed by atoms with Crippen molar-refractivity contribution in [1.29, 1.82) is 0 Å². The number of aromatic nitrogens is 3. The molecule has 1 N–H and O–H groups in total. The monoisotopic (exact) mass is 351 g/mol. The molecule has 5 nitrogen and oxygen atoms in total. The summed E-state index contributed by atoms with van der Waals surface area (Å²) < 4.78 is 4.71. The van der Waals surface area contributed by atoms with Gasteiger partial charge in [-0.25, -0.2) is 9.78 Å². The van der Waals surface area contributed by atoms with E-state index in [1.807, 2.05) is 37.3 Å². The van der Waals surface area contributed by atoms with E-state index in [0.29, 0.717) is 11.5 Å². The van der Waals surface area contributed by atoms with Crippen LogP contribution in [-0.2, 0) is 4.74 Å². The van der Waals surface area contributed by atoms with E-state index in [1.165, 1.54) is 12.7 Å². The Hall–Kier alpha value is -2.95. The SMILES string of the molecule is COC(=O)c1cccc(-c2ccc(C)cc2)c1.Cc1nc(C(C)C)n[nH]1. The van der Waals surface area contributed by atoms with Gasteiger partial charge in [-0.15, -0.1) is 0 Å². The maximum atomic E-state index is 11.4. The fraction of sp³-hybridized carbons (Fsp3) is 0.286. The molecule has 0 unspecified atom stereocenters. The van der Waals surface area contributed by atoms with Gasteiger partial charge in [0.05, 0.1) is 12.7 Å². The van der Waals surface area contributed by atoms with Gasteiger partial charge >= 0.3 is 5.97 Å².